The standard InChI is InChI=1S/C16H14FNO3/c17-9-2-1-3-10(7-9)18-15(20)13-8-4-5-11(12(19)6-8)14(13)16(18)21/h1-3,7-8,11,13-14H,4-6H2. The number of ketones is 1. The molecule has 3 aliphatic carbocycles. The number of carbonyl (C=O) groups excluding carboxylic acids is 3. The summed E-state index contributed by atoms with van der Waals surface area (Å²) in [7, 11) is 0. The fourth-order valence-corrected chi connectivity index (χ4v) is 4.25. The van der Waals surface area contributed by atoms with Gasteiger partial charge in [0.1, 0.15) is 11.6 Å². The minimum absolute atomic E-state index is 0.0255. The van der Waals surface area contributed by atoms with Crippen LogP contribution in [0, 0.1) is 29.5 Å². The largest absolute Gasteiger partial charge is 0.299 e. The minimum Gasteiger partial charge on any atom is -0.299 e. The second kappa shape index (κ2) is 4.23. The van der Waals surface area contributed by atoms with Crippen LogP contribution in [0.25, 0.3) is 0 Å². The van der Waals surface area contributed by atoms with E-state index >= 15 is 0 Å². The van der Waals surface area contributed by atoms with Gasteiger partial charge in [-0.15, -0.1) is 0 Å². The minimum atomic E-state index is -0.527. The lowest BCUT2D eigenvalue weighted by molar-refractivity contribution is -0.143. The van der Waals surface area contributed by atoms with Crippen LogP contribution in [0.1, 0.15) is 19.3 Å². The molecule has 3 saturated carbocycles. The van der Waals surface area contributed by atoms with Crippen molar-refractivity contribution in [3.05, 3.63) is 30.1 Å². The molecule has 4 atom stereocenters. The van der Waals surface area contributed by atoms with Crippen molar-refractivity contribution in [1.29, 1.82) is 0 Å². The molecule has 0 radical (unpaired) electrons. The Balaban J connectivity index is 1.77. The lowest BCUT2D eigenvalue weighted by Crippen LogP contribution is -2.46. The maximum Gasteiger partial charge on any atom is 0.238 e. The molecule has 1 aromatic rings. The van der Waals surface area contributed by atoms with Crippen LogP contribution in [0.15, 0.2) is 24.3 Å². The van der Waals surface area contributed by atoms with Gasteiger partial charge in [-0.2, -0.15) is 0 Å². The van der Waals surface area contributed by atoms with Gasteiger partial charge in [-0.1, -0.05) is 6.07 Å². The van der Waals surface area contributed by atoms with Crippen LogP contribution in [0.4, 0.5) is 10.1 Å². The summed E-state index contributed by atoms with van der Waals surface area (Å²) in [5, 5.41) is 0. The molecule has 4 unspecified atom stereocenters. The average Bonchev–Trinajstić information content (AvgIpc) is 2.73. The maximum absolute atomic E-state index is 13.4. The molecule has 1 saturated heterocycles. The first kappa shape index (κ1) is 12.7. The van der Waals surface area contributed by atoms with Crippen LogP contribution in [-0.2, 0) is 14.4 Å². The molecule has 5 heteroatoms. The molecule has 108 valence electrons. The van der Waals surface area contributed by atoms with Crippen molar-refractivity contribution >= 4 is 23.3 Å². The van der Waals surface area contributed by atoms with Crippen molar-refractivity contribution < 1.29 is 18.8 Å². The molecule has 4 fully saturated rings. The zero-order chi connectivity index (χ0) is 14.7. The highest BCUT2D eigenvalue weighted by Gasteiger charge is 2.60. The van der Waals surface area contributed by atoms with Crippen LogP contribution in [0.2, 0.25) is 0 Å². The first-order chi connectivity index (χ1) is 10.1. The molecule has 5 rings (SSSR count). The van der Waals surface area contributed by atoms with Crippen LogP contribution in [0.3, 0.4) is 0 Å². The van der Waals surface area contributed by atoms with E-state index in [4.69, 9.17) is 0 Å². The molecule has 4 aliphatic rings. The number of fused-ring (bicyclic) bond motifs is 2. The molecule has 4 nitrogen and oxygen atoms in total. The molecule has 1 aromatic carbocycles. The number of hydrogen-bond donors (Lipinski definition) is 0. The number of imide groups is 1. The van der Waals surface area contributed by atoms with E-state index in [2.05, 4.69) is 0 Å². The van der Waals surface area contributed by atoms with Crippen molar-refractivity contribution in [3.63, 3.8) is 0 Å². The molecule has 0 aromatic heterocycles. The summed E-state index contributed by atoms with van der Waals surface area (Å²) < 4.78 is 13.4. The zero-order valence-corrected chi connectivity index (χ0v) is 11.3. The third-order valence-electron chi connectivity index (χ3n) is 5.13. The van der Waals surface area contributed by atoms with E-state index in [1.54, 1.807) is 6.07 Å². The van der Waals surface area contributed by atoms with Crippen LogP contribution >= 0.6 is 0 Å². The Labute approximate surface area is 120 Å². The van der Waals surface area contributed by atoms with E-state index in [9.17, 15) is 18.8 Å². The Morgan fingerprint density at radius 3 is 2.52 bits per heavy atom. The quantitative estimate of drug-likeness (QED) is 0.742. The van der Waals surface area contributed by atoms with Crippen LogP contribution in [-0.4, -0.2) is 17.6 Å². The number of nitrogens with zero attached hydrogens (tertiary/aromatic N) is 1. The van der Waals surface area contributed by atoms with Gasteiger partial charge < -0.3 is 0 Å². The Hall–Kier alpha value is -2.04. The SMILES string of the molecule is O=C1CC2CCC1C1C(=O)N(c3cccc(F)c3)C(=O)C21. The van der Waals surface area contributed by atoms with E-state index in [1.807, 2.05) is 0 Å². The van der Waals surface area contributed by atoms with Crippen molar-refractivity contribution in [2.24, 2.45) is 23.7 Å². The van der Waals surface area contributed by atoms with Crippen LogP contribution in [0.5, 0.6) is 0 Å². The highest BCUT2D eigenvalue weighted by Crippen LogP contribution is 2.52. The van der Waals surface area contributed by atoms with Gasteiger partial charge in [0.05, 0.1) is 17.5 Å². The Morgan fingerprint density at radius 1 is 1.05 bits per heavy atom. The topological polar surface area (TPSA) is 54.5 Å². The van der Waals surface area contributed by atoms with E-state index in [-0.39, 0.29) is 35.1 Å². The number of anilines is 1. The van der Waals surface area contributed by atoms with E-state index in [0.717, 1.165) is 11.3 Å². The fraction of sp³-hybridized carbons (Fsp3) is 0.438. The van der Waals surface area contributed by atoms with Crippen molar-refractivity contribution in [2.45, 2.75) is 19.3 Å². The molecule has 1 aliphatic heterocycles. The number of carbonyl (C=O) groups is 3. The number of hydrogen-bond acceptors (Lipinski definition) is 3. The molecule has 1 heterocycles. The van der Waals surface area contributed by atoms with Gasteiger partial charge in [0.2, 0.25) is 11.8 Å². The third-order valence-corrected chi connectivity index (χ3v) is 5.13. The van der Waals surface area contributed by atoms with Gasteiger partial charge in [0.15, 0.2) is 0 Å². The van der Waals surface area contributed by atoms with Crippen LogP contribution < -0.4 is 4.90 Å². The lowest BCUT2D eigenvalue weighted by atomic mass is 9.59. The average molecular weight is 287 g/mol. The highest BCUT2D eigenvalue weighted by atomic mass is 19.1. The molecule has 0 N–H and O–H groups in total. The summed E-state index contributed by atoms with van der Waals surface area (Å²) in [5.41, 5.74) is 0.270. The number of benzene rings is 1. The molecular formula is C16H14FNO3. The summed E-state index contributed by atoms with van der Waals surface area (Å²) >= 11 is 0. The van der Waals surface area contributed by atoms with Gasteiger partial charge in [-0.3, -0.25) is 14.4 Å². The summed E-state index contributed by atoms with van der Waals surface area (Å²) in [6, 6.07) is 5.50. The second-order valence-electron chi connectivity index (χ2n) is 6.16. The van der Waals surface area contributed by atoms with E-state index < -0.39 is 17.7 Å². The van der Waals surface area contributed by atoms with Crippen molar-refractivity contribution in [3.8, 4) is 0 Å². The van der Waals surface area contributed by atoms with E-state index in [1.165, 1.54) is 18.2 Å². The first-order valence-corrected chi connectivity index (χ1v) is 7.24. The normalized spacial score (nSPS) is 34.5. The zero-order valence-electron chi connectivity index (χ0n) is 11.3. The van der Waals surface area contributed by atoms with Gasteiger partial charge in [-0.25, -0.2) is 9.29 Å². The van der Waals surface area contributed by atoms with Gasteiger partial charge in [-0.05, 0) is 37.0 Å². The predicted octanol–water partition coefficient (Wildman–Crippen LogP) is 1.93. The third kappa shape index (κ3) is 1.63. The number of halogens is 1. The van der Waals surface area contributed by atoms with Gasteiger partial charge in [0, 0.05) is 12.3 Å². The van der Waals surface area contributed by atoms with Gasteiger partial charge >= 0.3 is 0 Å². The summed E-state index contributed by atoms with van der Waals surface area (Å²) in [6.45, 7) is 0. The summed E-state index contributed by atoms with van der Waals surface area (Å²) in [4.78, 5) is 38.3. The lowest BCUT2D eigenvalue weighted by Gasteiger charge is -2.41. The Bertz CT molecular complexity index is 671. The molecular weight excluding hydrogens is 273 g/mol. The maximum atomic E-state index is 13.4. The summed E-state index contributed by atoms with van der Waals surface area (Å²) in [6.07, 6.45) is 1.93. The molecule has 0 spiro atoms. The van der Waals surface area contributed by atoms with Crippen molar-refractivity contribution in [1.82, 2.24) is 0 Å². The number of rotatable bonds is 1. The molecule has 21 heavy (non-hydrogen) atoms. The monoisotopic (exact) mass is 287 g/mol. The van der Waals surface area contributed by atoms with E-state index in [0.29, 0.717) is 12.8 Å². The highest BCUT2D eigenvalue weighted by molar-refractivity contribution is 6.23. The Morgan fingerprint density at radius 2 is 1.81 bits per heavy atom. The summed E-state index contributed by atoms with van der Waals surface area (Å²) in [5.74, 6) is -2.25. The fourth-order valence-electron chi connectivity index (χ4n) is 4.25. The molecule has 2 bridgehead atoms. The second-order valence-corrected chi connectivity index (χ2v) is 6.16. The van der Waals surface area contributed by atoms with Crippen molar-refractivity contribution in [2.75, 3.05) is 4.90 Å². The van der Waals surface area contributed by atoms with Gasteiger partial charge in [0.25, 0.3) is 0 Å². The number of amides is 2. The smallest absolute Gasteiger partial charge is 0.238 e. The first-order valence-electron chi connectivity index (χ1n) is 7.24. The Kier molecular flexibility index (Phi) is 2.55. The predicted molar refractivity (Wildman–Crippen MR) is 71.7 cm³/mol. The molecule has 2 amide bonds. The number of Topliss-reactive ketones (excluding diaryl/α,β-unsaturated/α-hetero) is 1.